The van der Waals surface area contributed by atoms with Crippen LogP contribution in [0.25, 0.3) is 0 Å². The Morgan fingerprint density at radius 1 is 1.58 bits per heavy atom. The quantitative estimate of drug-likeness (QED) is 0.460. The zero-order chi connectivity index (χ0) is 9.30. The number of rotatable bonds is 1. The Morgan fingerprint density at radius 3 is 2.58 bits per heavy atom. The van der Waals surface area contributed by atoms with Gasteiger partial charge in [0, 0.05) is 0 Å². The van der Waals surface area contributed by atoms with Gasteiger partial charge in [0.15, 0.2) is 0 Å². The van der Waals surface area contributed by atoms with Crippen molar-refractivity contribution in [2.75, 3.05) is 5.73 Å². The van der Waals surface area contributed by atoms with E-state index in [0.717, 1.165) is 12.1 Å². The molecule has 4 nitrogen and oxygen atoms in total. The average molecular weight is 235 g/mol. The zero-order valence-corrected chi connectivity index (χ0v) is 7.34. The third-order valence-corrected chi connectivity index (χ3v) is 2.04. The van der Waals surface area contributed by atoms with Crippen LogP contribution in [0.5, 0.6) is 0 Å². The highest BCUT2D eigenvalue weighted by Crippen LogP contribution is 2.32. The van der Waals surface area contributed by atoms with Crippen molar-refractivity contribution < 1.29 is 9.31 Å². The first-order valence-corrected chi connectivity index (χ1v) is 3.71. The molecule has 0 aliphatic carbocycles. The van der Waals surface area contributed by atoms with E-state index in [-0.39, 0.29) is 10.2 Å². The average Bonchev–Trinajstić information content (AvgIpc) is 1.97. The SMILES string of the molecule is Nc1ccc(F)c(Br)c1[N+](=O)[O-]. The molecule has 0 bridgehead atoms. The first kappa shape index (κ1) is 8.92. The number of hydrogen-bond acceptors (Lipinski definition) is 3. The Morgan fingerprint density at radius 2 is 2.17 bits per heavy atom. The molecule has 0 amide bonds. The minimum atomic E-state index is -0.734. The van der Waals surface area contributed by atoms with E-state index in [4.69, 9.17) is 5.73 Å². The number of nitrogens with two attached hydrogens (primary N) is 1. The monoisotopic (exact) mass is 234 g/mol. The Labute approximate surface area is 75.5 Å². The highest BCUT2D eigenvalue weighted by atomic mass is 79.9. The van der Waals surface area contributed by atoms with Crippen LogP contribution in [0.2, 0.25) is 0 Å². The fraction of sp³-hybridized carbons (Fsp3) is 0. The molecule has 1 aromatic carbocycles. The molecule has 1 aromatic rings. The van der Waals surface area contributed by atoms with E-state index in [0.29, 0.717) is 0 Å². The predicted octanol–water partition coefficient (Wildman–Crippen LogP) is 2.08. The Kier molecular flexibility index (Phi) is 2.27. The lowest BCUT2D eigenvalue weighted by Gasteiger charge is -1.99. The van der Waals surface area contributed by atoms with Crippen LogP contribution >= 0.6 is 15.9 Å². The summed E-state index contributed by atoms with van der Waals surface area (Å²) >= 11 is 2.73. The highest BCUT2D eigenvalue weighted by Gasteiger charge is 2.19. The summed E-state index contributed by atoms with van der Waals surface area (Å²) < 4.78 is 12.5. The standard InChI is InChI=1S/C6H4BrFN2O2/c7-5-3(8)1-2-4(9)6(5)10(11)12/h1-2H,9H2. The summed E-state index contributed by atoms with van der Waals surface area (Å²) in [5.74, 6) is -0.698. The number of benzene rings is 1. The molecule has 1 rings (SSSR count). The van der Waals surface area contributed by atoms with Crippen LogP contribution < -0.4 is 5.73 Å². The van der Waals surface area contributed by atoms with Gasteiger partial charge in [0.1, 0.15) is 16.0 Å². The van der Waals surface area contributed by atoms with Crippen LogP contribution in [0, 0.1) is 15.9 Å². The minimum Gasteiger partial charge on any atom is -0.393 e. The molecule has 0 saturated heterocycles. The van der Waals surface area contributed by atoms with E-state index in [1.54, 1.807) is 0 Å². The van der Waals surface area contributed by atoms with Gasteiger partial charge in [0.2, 0.25) is 0 Å². The summed E-state index contributed by atoms with van der Waals surface area (Å²) in [6.07, 6.45) is 0. The van der Waals surface area contributed by atoms with Gasteiger partial charge in [-0.2, -0.15) is 0 Å². The van der Waals surface area contributed by atoms with Gasteiger partial charge in [-0.05, 0) is 28.1 Å². The predicted molar refractivity (Wildman–Crippen MR) is 45.2 cm³/mol. The Bertz CT molecular complexity index is 343. The number of anilines is 1. The maximum Gasteiger partial charge on any atom is 0.309 e. The molecule has 0 fully saturated rings. The van der Waals surface area contributed by atoms with Crippen molar-refractivity contribution in [1.82, 2.24) is 0 Å². The van der Waals surface area contributed by atoms with Crippen LogP contribution in [-0.4, -0.2) is 4.92 Å². The zero-order valence-electron chi connectivity index (χ0n) is 5.75. The molecule has 0 spiro atoms. The summed E-state index contributed by atoms with van der Waals surface area (Å²) in [7, 11) is 0. The number of nitro groups is 1. The number of nitro benzene ring substituents is 1. The summed E-state index contributed by atoms with van der Waals surface area (Å²) in [6.45, 7) is 0. The molecule has 0 radical (unpaired) electrons. The molecule has 0 atom stereocenters. The Hall–Kier alpha value is -1.17. The van der Waals surface area contributed by atoms with Gasteiger partial charge in [-0.15, -0.1) is 0 Å². The highest BCUT2D eigenvalue weighted by molar-refractivity contribution is 9.10. The third-order valence-electron chi connectivity index (χ3n) is 1.28. The molecule has 0 aromatic heterocycles. The molecule has 0 heterocycles. The van der Waals surface area contributed by atoms with Gasteiger partial charge in [-0.3, -0.25) is 10.1 Å². The van der Waals surface area contributed by atoms with Crippen molar-refractivity contribution >= 4 is 27.3 Å². The molecular formula is C6H4BrFN2O2. The fourth-order valence-electron chi connectivity index (χ4n) is 0.740. The number of nitrogen functional groups attached to an aromatic ring is 1. The van der Waals surface area contributed by atoms with E-state index in [1.807, 2.05) is 0 Å². The lowest BCUT2D eigenvalue weighted by molar-refractivity contribution is -0.384. The molecular weight excluding hydrogens is 231 g/mol. The smallest absolute Gasteiger partial charge is 0.309 e. The van der Waals surface area contributed by atoms with Crippen LogP contribution in [0.15, 0.2) is 16.6 Å². The molecule has 12 heavy (non-hydrogen) atoms. The fourth-order valence-corrected chi connectivity index (χ4v) is 1.25. The van der Waals surface area contributed by atoms with Gasteiger partial charge in [0.25, 0.3) is 0 Å². The summed E-state index contributed by atoms with van der Waals surface area (Å²) in [5, 5.41) is 10.3. The summed E-state index contributed by atoms with van der Waals surface area (Å²) in [5.41, 5.74) is 4.76. The van der Waals surface area contributed by atoms with Crippen LogP contribution in [0.1, 0.15) is 0 Å². The largest absolute Gasteiger partial charge is 0.393 e. The lowest BCUT2D eigenvalue weighted by atomic mass is 10.3. The second-order valence-corrected chi connectivity index (χ2v) is 2.85. The second-order valence-electron chi connectivity index (χ2n) is 2.06. The summed E-state index contributed by atoms with van der Waals surface area (Å²) in [6, 6.07) is 2.21. The first-order valence-electron chi connectivity index (χ1n) is 2.92. The normalized spacial score (nSPS) is 9.83. The van der Waals surface area contributed by atoms with Gasteiger partial charge in [-0.1, -0.05) is 0 Å². The van der Waals surface area contributed by atoms with Crippen molar-refractivity contribution in [3.8, 4) is 0 Å². The van der Waals surface area contributed by atoms with Gasteiger partial charge in [-0.25, -0.2) is 4.39 Å². The number of nitrogens with zero attached hydrogens (tertiary/aromatic N) is 1. The van der Waals surface area contributed by atoms with Gasteiger partial charge in [0.05, 0.1) is 4.92 Å². The van der Waals surface area contributed by atoms with Crippen LogP contribution in [0.4, 0.5) is 15.8 Å². The van der Waals surface area contributed by atoms with Crippen molar-refractivity contribution in [3.05, 3.63) is 32.5 Å². The third kappa shape index (κ3) is 1.38. The molecule has 0 aliphatic rings. The first-order chi connectivity index (χ1) is 5.54. The molecule has 6 heteroatoms. The maximum absolute atomic E-state index is 12.7. The maximum atomic E-state index is 12.7. The van der Waals surface area contributed by atoms with E-state index >= 15 is 0 Å². The molecule has 0 unspecified atom stereocenters. The van der Waals surface area contributed by atoms with Gasteiger partial charge >= 0.3 is 5.69 Å². The van der Waals surface area contributed by atoms with Gasteiger partial charge < -0.3 is 5.73 Å². The van der Waals surface area contributed by atoms with Crippen LogP contribution in [-0.2, 0) is 0 Å². The summed E-state index contributed by atoms with van der Waals surface area (Å²) in [4.78, 5) is 9.59. The van der Waals surface area contributed by atoms with E-state index in [1.165, 1.54) is 0 Å². The van der Waals surface area contributed by atoms with Crippen molar-refractivity contribution in [2.45, 2.75) is 0 Å². The van der Waals surface area contributed by atoms with E-state index in [2.05, 4.69) is 15.9 Å². The van der Waals surface area contributed by atoms with Crippen molar-refractivity contribution in [1.29, 1.82) is 0 Å². The Balaban J connectivity index is 3.43. The van der Waals surface area contributed by atoms with E-state index < -0.39 is 16.4 Å². The topological polar surface area (TPSA) is 69.2 Å². The minimum absolute atomic E-state index is 0.0618. The van der Waals surface area contributed by atoms with E-state index in [9.17, 15) is 14.5 Å². The van der Waals surface area contributed by atoms with Crippen molar-refractivity contribution in [2.24, 2.45) is 0 Å². The second kappa shape index (κ2) is 3.06. The van der Waals surface area contributed by atoms with Crippen molar-refractivity contribution in [3.63, 3.8) is 0 Å². The molecule has 0 saturated carbocycles. The number of hydrogen-bond donors (Lipinski definition) is 1. The molecule has 2 N–H and O–H groups in total. The molecule has 64 valence electrons. The number of halogens is 2. The molecule has 0 aliphatic heterocycles. The lowest BCUT2D eigenvalue weighted by Crippen LogP contribution is -1.97. The van der Waals surface area contributed by atoms with Crippen LogP contribution in [0.3, 0.4) is 0 Å².